The molecule has 0 aliphatic heterocycles. The van der Waals surface area contributed by atoms with Crippen molar-refractivity contribution in [2.24, 2.45) is 0 Å². The van der Waals surface area contributed by atoms with Crippen LogP contribution in [0.15, 0.2) is 12.7 Å². The van der Waals surface area contributed by atoms with Gasteiger partial charge in [0.25, 0.3) is 0 Å². The molecule has 0 aliphatic carbocycles. The molecule has 0 spiro atoms. The van der Waals surface area contributed by atoms with E-state index in [9.17, 15) is 0 Å². The first kappa shape index (κ1) is 10.8. The number of hydrogen-bond acceptors (Lipinski definition) is 0. The minimum absolute atomic E-state index is 0.170. The van der Waals surface area contributed by atoms with E-state index < -0.39 is 0 Å². The third-order valence-corrected chi connectivity index (χ3v) is 1.95. The van der Waals surface area contributed by atoms with Crippen LogP contribution in [0.4, 0.5) is 0 Å². The van der Waals surface area contributed by atoms with Gasteiger partial charge in [0.15, 0.2) is 0 Å². The lowest BCUT2D eigenvalue weighted by atomic mass is 10.2. The highest BCUT2D eigenvalue weighted by molar-refractivity contribution is 9.09. The predicted molar refractivity (Wildman–Crippen MR) is 54.8 cm³/mol. The van der Waals surface area contributed by atoms with Crippen LogP contribution in [0.2, 0.25) is 0 Å². The quantitative estimate of drug-likeness (QED) is 0.291. The van der Waals surface area contributed by atoms with Gasteiger partial charge in [0.05, 0.1) is 4.83 Å². The number of unbranched alkanes of at least 4 members (excludes halogenated alkanes) is 3. The smallest absolute Gasteiger partial charge is 0.0931 e. The summed E-state index contributed by atoms with van der Waals surface area (Å²) in [7, 11) is 0. The standard InChI is InChI=1S/C10H15Br/c1-3-5-6-7-8-9-10(11)4-2/h4,10H,2-3,5-7H2,1H3. The summed E-state index contributed by atoms with van der Waals surface area (Å²) in [5.41, 5.74) is 0. The molecule has 0 heterocycles. The van der Waals surface area contributed by atoms with Gasteiger partial charge < -0.3 is 0 Å². The third kappa shape index (κ3) is 7.68. The van der Waals surface area contributed by atoms with Gasteiger partial charge in [0, 0.05) is 6.42 Å². The van der Waals surface area contributed by atoms with Crippen LogP contribution in [0.3, 0.4) is 0 Å². The molecule has 1 unspecified atom stereocenters. The van der Waals surface area contributed by atoms with E-state index in [0.29, 0.717) is 0 Å². The van der Waals surface area contributed by atoms with Crippen molar-refractivity contribution in [2.45, 2.75) is 37.4 Å². The molecule has 11 heavy (non-hydrogen) atoms. The van der Waals surface area contributed by atoms with Gasteiger partial charge in [-0.2, -0.15) is 0 Å². The van der Waals surface area contributed by atoms with Gasteiger partial charge in [0.1, 0.15) is 0 Å². The molecule has 0 fully saturated rings. The van der Waals surface area contributed by atoms with Gasteiger partial charge in [0.2, 0.25) is 0 Å². The summed E-state index contributed by atoms with van der Waals surface area (Å²) in [6.45, 7) is 5.83. The number of alkyl halides is 1. The molecule has 0 radical (unpaired) electrons. The highest BCUT2D eigenvalue weighted by atomic mass is 79.9. The molecule has 0 N–H and O–H groups in total. The first-order chi connectivity index (χ1) is 5.31. The zero-order valence-corrected chi connectivity index (χ0v) is 8.65. The lowest BCUT2D eigenvalue weighted by Gasteiger charge is -1.90. The largest absolute Gasteiger partial charge is 0.102 e. The Kier molecular flexibility index (Phi) is 7.72. The lowest BCUT2D eigenvalue weighted by molar-refractivity contribution is 0.737. The zero-order valence-electron chi connectivity index (χ0n) is 7.07. The highest BCUT2D eigenvalue weighted by Gasteiger charge is 1.86. The number of hydrogen-bond donors (Lipinski definition) is 0. The van der Waals surface area contributed by atoms with E-state index in [1.165, 1.54) is 19.3 Å². The molecule has 0 saturated carbocycles. The van der Waals surface area contributed by atoms with Crippen molar-refractivity contribution in [1.82, 2.24) is 0 Å². The molecule has 0 aromatic heterocycles. The monoisotopic (exact) mass is 214 g/mol. The lowest BCUT2D eigenvalue weighted by Crippen LogP contribution is -1.83. The molecule has 1 atom stereocenters. The second-order valence-electron chi connectivity index (χ2n) is 2.42. The molecular formula is C10H15Br. The van der Waals surface area contributed by atoms with E-state index in [2.05, 4.69) is 41.3 Å². The van der Waals surface area contributed by atoms with Gasteiger partial charge in [-0.1, -0.05) is 47.7 Å². The minimum Gasteiger partial charge on any atom is -0.102 e. The Labute approximate surface area is 78.2 Å². The fourth-order valence-corrected chi connectivity index (χ4v) is 0.854. The zero-order chi connectivity index (χ0) is 8.53. The van der Waals surface area contributed by atoms with Crippen LogP contribution in [0.5, 0.6) is 0 Å². The molecule has 0 saturated heterocycles. The SMILES string of the molecule is C=CC(Br)C#CCCCCC. The van der Waals surface area contributed by atoms with Crippen molar-refractivity contribution >= 4 is 15.9 Å². The minimum atomic E-state index is 0.170. The Bertz CT molecular complexity index is 150. The summed E-state index contributed by atoms with van der Waals surface area (Å²) in [5.74, 6) is 6.14. The Morgan fingerprint density at radius 1 is 1.55 bits per heavy atom. The molecular weight excluding hydrogens is 200 g/mol. The van der Waals surface area contributed by atoms with E-state index >= 15 is 0 Å². The molecule has 0 aromatic carbocycles. The summed E-state index contributed by atoms with van der Waals surface area (Å²) in [6, 6.07) is 0. The van der Waals surface area contributed by atoms with Crippen molar-refractivity contribution in [3.8, 4) is 11.8 Å². The normalized spacial score (nSPS) is 11.5. The molecule has 62 valence electrons. The molecule has 0 amide bonds. The van der Waals surface area contributed by atoms with Crippen molar-refractivity contribution in [2.75, 3.05) is 0 Å². The first-order valence-electron chi connectivity index (χ1n) is 4.06. The fraction of sp³-hybridized carbons (Fsp3) is 0.600. The van der Waals surface area contributed by atoms with Crippen LogP contribution in [0.25, 0.3) is 0 Å². The van der Waals surface area contributed by atoms with Crippen LogP contribution < -0.4 is 0 Å². The summed E-state index contributed by atoms with van der Waals surface area (Å²) in [6.07, 6.45) is 6.59. The third-order valence-electron chi connectivity index (χ3n) is 1.35. The molecule has 0 bridgehead atoms. The maximum atomic E-state index is 3.63. The second kappa shape index (κ2) is 7.88. The van der Waals surface area contributed by atoms with Gasteiger partial charge in [-0.15, -0.1) is 12.5 Å². The second-order valence-corrected chi connectivity index (χ2v) is 3.40. The van der Waals surface area contributed by atoms with Crippen molar-refractivity contribution < 1.29 is 0 Å². The number of rotatable bonds is 4. The van der Waals surface area contributed by atoms with Crippen LogP contribution in [-0.4, -0.2) is 4.83 Å². The van der Waals surface area contributed by atoms with Crippen LogP contribution in [0.1, 0.15) is 32.6 Å². The van der Waals surface area contributed by atoms with E-state index in [1.807, 2.05) is 0 Å². The van der Waals surface area contributed by atoms with E-state index in [0.717, 1.165) is 6.42 Å². The summed E-state index contributed by atoms with van der Waals surface area (Å²) in [5, 5.41) is 0. The van der Waals surface area contributed by atoms with Crippen LogP contribution >= 0.6 is 15.9 Å². The molecule has 1 heteroatoms. The van der Waals surface area contributed by atoms with Gasteiger partial charge in [-0.25, -0.2) is 0 Å². The van der Waals surface area contributed by atoms with Crippen LogP contribution in [-0.2, 0) is 0 Å². The Morgan fingerprint density at radius 3 is 2.82 bits per heavy atom. The average molecular weight is 215 g/mol. The average Bonchev–Trinajstić information content (AvgIpc) is 2.04. The Hall–Kier alpha value is -0.220. The number of halogens is 1. The molecule has 0 aliphatic rings. The summed E-state index contributed by atoms with van der Waals surface area (Å²) < 4.78 is 0. The Balaban J connectivity index is 3.32. The van der Waals surface area contributed by atoms with E-state index in [1.54, 1.807) is 6.08 Å². The van der Waals surface area contributed by atoms with Crippen LogP contribution in [0, 0.1) is 11.8 Å². The van der Waals surface area contributed by atoms with Gasteiger partial charge >= 0.3 is 0 Å². The first-order valence-corrected chi connectivity index (χ1v) is 4.97. The highest BCUT2D eigenvalue weighted by Crippen LogP contribution is 2.00. The maximum absolute atomic E-state index is 3.63. The molecule has 0 aromatic rings. The topological polar surface area (TPSA) is 0 Å². The fourth-order valence-electron chi connectivity index (χ4n) is 0.692. The summed E-state index contributed by atoms with van der Waals surface area (Å²) in [4.78, 5) is 0.170. The number of allylic oxidation sites excluding steroid dienone is 1. The molecule has 0 nitrogen and oxygen atoms in total. The van der Waals surface area contributed by atoms with Crippen molar-refractivity contribution in [1.29, 1.82) is 0 Å². The van der Waals surface area contributed by atoms with E-state index in [-0.39, 0.29) is 4.83 Å². The summed E-state index contributed by atoms with van der Waals surface area (Å²) >= 11 is 3.35. The van der Waals surface area contributed by atoms with E-state index in [4.69, 9.17) is 0 Å². The Morgan fingerprint density at radius 2 is 2.27 bits per heavy atom. The maximum Gasteiger partial charge on any atom is 0.0931 e. The van der Waals surface area contributed by atoms with Gasteiger partial charge in [-0.3, -0.25) is 0 Å². The molecule has 0 rings (SSSR count). The predicted octanol–water partition coefficient (Wildman–Crippen LogP) is 3.52. The van der Waals surface area contributed by atoms with Crippen molar-refractivity contribution in [3.63, 3.8) is 0 Å². The van der Waals surface area contributed by atoms with Gasteiger partial charge in [-0.05, 0) is 6.42 Å². The van der Waals surface area contributed by atoms with Crippen molar-refractivity contribution in [3.05, 3.63) is 12.7 Å².